The molecule has 82 valence electrons. The molecule has 1 aromatic carbocycles. The zero-order valence-corrected chi connectivity index (χ0v) is 9.76. The second kappa shape index (κ2) is 4.60. The SMILES string of the molecule is Nc1cccc(Nc2ncc(Cl)cc2Cl)c1. The van der Waals surface area contributed by atoms with Gasteiger partial charge in [0.15, 0.2) is 0 Å². The molecule has 0 amide bonds. The number of aromatic nitrogens is 1. The van der Waals surface area contributed by atoms with Crippen LogP contribution in [0.2, 0.25) is 10.0 Å². The molecule has 0 fully saturated rings. The zero-order valence-electron chi connectivity index (χ0n) is 8.24. The molecule has 2 aromatic rings. The fraction of sp³-hybridized carbons (Fsp3) is 0. The number of hydrogen-bond donors (Lipinski definition) is 2. The first kappa shape index (κ1) is 11.0. The Kier molecular flexibility index (Phi) is 3.17. The molecule has 1 aromatic heterocycles. The Morgan fingerprint density at radius 3 is 2.69 bits per heavy atom. The second-order valence-electron chi connectivity index (χ2n) is 3.23. The number of hydrogen-bond acceptors (Lipinski definition) is 3. The standard InChI is InChI=1S/C11H9Cl2N3/c12-7-4-10(13)11(15-6-7)16-9-3-1-2-8(14)5-9/h1-6H,14H2,(H,15,16). The molecule has 0 aliphatic carbocycles. The number of nitrogens with two attached hydrogens (primary N) is 1. The van der Waals surface area contributed by atoms with Crippen molar-refractivity contribution in [1.82, 2.24) is 4.98 Å². The first-order valence-electron chi connectivity index (χ1n) is 4.59. The molecule has 0 radical (unpaired) electrons. The Balaban J connectivity index is 2.27. The highest BCUT2D eigenvalue weighted by atomic mass is 35.5. The molecule has 2 rings (SSSR count). The van der Waals surface area contributed by atoms with Crippen molar-refractivity contribution < 1.29 is 0 Å². The minimum Gasteiger partial charge on any atom is -0.399 e. The molecule has 1 heterocycles. The summed E-state index contributed by atoms with van der Waals surface area (Å²) in [5.74, 6) is 0.552. The summed E-state index contributed by atoms with van der Waals surface area (Å²) in [4.78, 5) is 4.09. The van der Waals surface area contributed by atoms with E-state index in [2.05, 4.69) is 10.3 Å². The number of nitrogens with one attached hydrogen (secondary N) is 1. The van der Waals surface area contributed by atoms with Crippen LogP contribution in [0.3, 0.4) is 0 Å². The molecule has 0 spiro atoms. The van der Waals surface area contributed by atoms with E-state index in [0.29, 0.717) is 21.6 Å². The van der Waals surface area contributed by atoms with Crippen LogP contribution in [0.25, 0.3) is 0 Å². The fourth-order valence-electron chi connectivity index (χ4n) is 1.26. The van der Waals surface area contributed by atoms with E-state index >= 15 is 0 Å². The third-order valence-corrected chi connectivity index (χ3v) is 2.45. The average Bonchev–Trinajstić information content (AvgIpc) is 2.22. The maximum atomic E-state index is 5.98. The summed E-state index contributed by atoms with van der Waals surface area (Å²) in [6.45, 7) is 0. The zero-order chi connectivity index (χ0) is 11.5. The van der Waals surface area contributed by atoms with Gasteiger partial charge in [0.25, 0.3) is 0 Å². The van der Waals surface area contributed by atoms with Crippen LogP contribution in [0.1, 0.15) is 0 Å². The van der Waals surface area contributed by atoms with Crippen molar-refractivity contribution in [3.63, 3.8) is 0 Å². The average molecular weight is 254 g/mol. The van der Waals surface area contributed by atoms with Crippen LogP contribution >= 0.6 is 23.2 Å². The van der Waals surface area contributed by atoms with Crippen molar-refractivity contribution in [3.8, 4) is 0 Å². The van der Waals surface area contributed by atoms with Crippen LogP contribution in [-0.4, -0.2) is 4.98 Å². The molecule has 0 bridgehead atoms. The lowest BCUT2D eigenvalue weighted by Gasteiger charge is -2.07. The van der Waals surface area contributed by atoms with Crippen molar-refractivity contribution in [2.45, 2.75) is 0 Å². The van der Waals surface area contributed by atoms with Crippen LogP contribution in [-0.2, 0) is 0 Å². The summed E-state index contributed by atoms with van der Waals surface area (Å²) < 4.78 is 0. The lowest BCUT2D eigenvalue weighted by atomic mass is 10.3. The maximum Gasteiger partial charge on any atom is 0.149 e. The predicted octanol–water partition coefficient (Wildman–Crippen LogP) is 3.71. The molecule has 5 heteroatoms. The van der Waals surface area contributed by atoms with E-state index in [9.17, 15) is 0 Å². The van der Waals surface area contributed by atoms with E-state index in [1.165, 1.54) is 6.20 Å². The van der Waals surface area contributed by atoms with Gasteiger partial charge in [-0.2, -0.15) is 0 Å². The van der Waals surface area contributed by atoms with Crippen LogP contribution < -0.4 is 11.1 Å². The minimum absolute atomic E-state index is 0.468. The highest BCUT2D eigenvalue weighted by Gasteiger charge is 2.03. The predicted molar refractivity (Wildman–Crippen MR) is 68.4 cm³/mol. The molecule has 0 saturated carbocycles. The maximum absolute atomic E-state index is 5.98. The Morgan fingerprint density at radius 1 is 1.19 bits per heavy atom. The molecule has 16 heavy (non-hydrogen) atoms. The lowest BCUT2D eigenvalue weighted by molar-refractivity contribution is 1.31. The van der Waals surface area contributed by atoms with Crippen molar-refractivity contribution in [2.75, 3.05) is 11.1 Å². The monoisotopic (exact) mass is 253 g/mol. The van der Waals surface area contributed by atoms with Crippen LogP contribution in [0, 0.1) is 0 Å². The molecule has 0 aliphatic rings. The van der Waals surface area contributed by atoms with Crippen LogP contribution in [0.5, 0.6) is 0 Å². The minimum atomic E-state index is 0.468. The van der Waals surface area contributed by atoms with Crippen molar-refractivity contribution >= 4 is 40.4 Å². The van der Waals surface area contributed by atoms with E-state index in [1.807, 2.05) is 18.2 Å². The molecule has 0 saturated heterocycles. The van der Waals surface area contributed by atoms with E-state index in [4.69, 9.17) is 28.9 Å². The first-order valence-corrected chi connectivity index (χ1v) is 5.34. The second-order valence-corrected chi connectivity index (χ2v) is 4.08. The van der Waals surface area contributed by atoms with Gasteiger partial charge >= 0.3 is 0 Å². The summed E-state index contributed by atoms with van der Waals surface area (Å²) in [5, 5.41) is 4.03. The van der Waals surface area contributed by atoms with Gasteiger partial charge in [-0.05, 0) is 24.3 Å². The van der Waals surface area contributed by atoms with Gasteiger partial charge in [-0.1, -0.05) is 29.3 Å². The number of benzene rings is 1. The van der Waals surface area contributed by atoms with Gasteiger partial charge in [-0.25, -0.2) is 4.98 Å². The number of rotatable bonds is 2. The van der Waals surface area contributed by atoms with Gasteiger partial charge in [-0.3, -0.25) is 0 Å². The highest BCUT2D eigenvalue weighted by Crippen LogP contribution is 2.26. The smallest absolute Gasteiger partial charge is 0.149 e. The molecule has 3 N–H and O–H groups in total. The van der Waals surface area contributed by atoms with Crippen molar-refractivity contribution in [1.29, 1.82) is 0 Å². The third-order valence-electron chi connectivity index (χ3n) is 1.96. The van der Waals surface area contributed by atoms with Crippen molar-refractivity contribution in [2.24, 2.45) is 0 Å². The van der Waals surface area contributed by atoms with Gasteiger partial charge in [0, 0.05) is 17.6 Å². The summed E-state index contributed by atoms with van der Waals surface area (Å²) in [7, 11) is 0. The topological polar surface area (TPSA) is 50.9 Å². The number of nitrogen functional groups attached to an aromatic ring is 1. The molecule has 0 unspecified atom stereocenters. The largest absolute Gasteiger partial charge is 0.399 e. The first-order chi connectivity index (χ1) is 7.65. The van der Waals surface area contributed by atoms with Gasteiger partial charge in [0.2, 0.25) is 0 Å². The van der Waals surface area contributed by atoms with Gasteiger partial charge in [0.1, 0.15) is 5.82 Å². The molecule has 0 aliphatic heterocycles. The Hall–Kier alpha value is -1.45. The number of pyridine rings is 1. The summed E-state index contributed by atoms with van der Waals surface area (Å²) in [6, 6.07) is 8.96. The summed E-state index contributed by atoms with van der Waals surface area (Å²) in [6.07, 6.45) is 1.53. The molecular formula is C11H9Cl2N3. The highest BCUT2D eigenvalue weighted by molar-refractivity contribution is 6.36. The van der Waals surface area contributed by atoms with Gasteiger partial charge < -0.3 is 11.1 Å². The van der Waals surface area contributed by atoms with E-state index in [-0.39, 0.29) is 0 Å². The molecule has 0 atom stereocenters. The Bertz CT molecular complexity index is 514. The molecule has 3 nitrogen and oxygen atoms in total. The Morgan fingerprint density at radius 2 is 2.00 bits per heavy atom. The number of anilines is 3. The van der Waals surface area contributed by atoms with Crippen molar-refractivity contribution in [3.05, 3.63) is 46.6 Å². The summed E-state index contributed by atoms with van der Waals surface area (Å²) >= 11 is 11.7. The fourth-order valence-corrected chi connectivity index (χ4v) is 1.69. The van der Waals surface area contributed by atoms with E-state index in [1.54, 1.807) is 12.1 Å². The normalized spacial score (nSPS) is 10.1. The third kappa shape index (κ3) is 2.56. The Labute approximate surface area is 103 Å². The van der Waals surface area contributed by atoms with Gasteiger partial charge in [-0.15, -0.1) is 0 Å². The lowest BCUT2D eigenvalue weighted by Crippen LogP contribution is -1.95. The number of nitrogens with zero attached hydrogens (tertiary/aromatic N) is 1. The van der Waals surface area contributed by atoms with Gasteiger partial charge in [0.05, 0.1) is 10.0 Å². The van der Waals surface area contributed by atoms with Crippen LogP contribution in [0.4, 0.5) is 17.2 Å². The summed E-state index contributed by atoms with van der Waals surface area (Å²) in [5.41, 5.74) is 7.17. The van der Waals surface area contributed by atoms with E-state index in [0.717, 1.165) is 5.69 Å². The number of halogens is 2. The van der Waals surface area contributed by atoms with E-state index < -0.39 is 0 Å². The van der Waals surface area contributed by atoms with Crippen LogP contribution in [0.15, 0.2) is 36.5 Å². The molecular weight excluding hydrogens is 245 g/mol. The quantitative estimate of drug-likeness (QED) is 0.803.